The van der Waals surface area contributed by atoms with Gasteiger partial charge in [-0.15, -0.1) is 0 Å². The fourth-order valence-electron chi connectivity index (χ4n) is 4.99. The third-order valence-corrected chi connectivity index (χ3v) is 6.87. The Hall–Kier alpha value is -4.17. The molecule has 1 unspecified atom stereocenters. The number of fused-ring (bicyclic) bond motifs is 3. The van der Waals surface area contributed by atoms with Gasteiger partial charge in [-0.3, -0.25) is 0 Å². The minimum atomic E-state index is -1.72. The predicted octanol–water partition coefficient (Wildman–Crippen LogP) is 1.27. The van der Waals surface area contributed by atoms with Crippen LogP contribution in [0.4, 0.5) is 0 Å². The van der Waals surface area contributed by atoms with Crippen LogP contribution in [0.2, 0.25) is 0 Å². The van der Waals surface area contributed by atoms with E-state index < -0.39 is 54.7 Å². The molecule has 3 aromatic rings. The van der Waals surface area contributed by atoms with E-state index in [-0.39, 0.29) is 41.0 Å². The van der Waals surface area contributed by atoms with E-state index in [2.05, 4.69) is 5.18 Å². The lowest BCUT2D eigenvalue weighted by Crippen LogP contribution is -2.59. The number of esters is 1. The van der Waals surface area contributed by atoms with Crippen molar-refractivity contribution in [2.45, 2.75) is 37.3 Å². The summed E-state index contributed by atoms with van der Waals surface area (Å²) in [4.78, 5) is 24.6. The summed E-state index contributed by atoms with van der Waals surface area (Å²) in [7, 11) is 0. The number of benzene rings is 3. The molecular formula is C25H21NO12. The van der Waals surface area contributed by atoms with Crippen molar-refractivity contribution < 1.29 is 54.0 Å². The molecule has 3 aliphatic heterocycles. The van der Waals surface area contributed by atoms with E-state index in [0.717, 1.165) is 0 Å². The topological polar surface area (TPSA) is 194 Å². The fourth-order valence-corrected chi connectivity index (χ4v) is 4.99. The maximum absolute atomic E-state index is 13.0. The number of rotatable bonds is 5. The molecule has 0 bridgehead atoms. The lowest BCUT2D eigenvalue weighted by Gasteiger charge is -2.39. The molecule has 5 N–H and O–H groups in total. The molecule has 0 aromatic heterocycles. The van der Waals surface area contributed by atoms with Gasteiger partial charge in [0, 0.05) is 16.5 Å². The normalized spacial score (nSPS) is 25.8. The van der Waals surface area contributed by atoms with Crippen molar-refractivity contribution in [2.24, 2.45) is 5.18 Å². The van der Waals surface area contributed by atoms with Crippen LogP contribution >= 0.6 is 0 Å². The number of carbonyl (C=O) groups excluding carboxylic acids is 1. The van der Waals surface area contributed by atoms with Gasteiger partial charge in [-0.2, -0.15) is 4.91 Å². The van der Waals surface area contributed by atoms with Crippen LogP contribution in [-0.4, -0.2) is 75.5 Å². The molecule has 3 heterocycles. The number of cyclic esters (lactones) is 1. The predicted molar refractivity (Wildman–Crippen MR) is 126 cm³/mol. The molecule has 198 valence electrons. The summed E-state index contributed by atoms with van der Waals surface area (Å²) < 4.78 is 27.7. The Morgan fingerprint density at radius 2 is 1.68 bits per heavy atom. The zero-order valence-corrected chi connectivity index (χ0v) is 19.4. The number of carbonyl (C=O) groups is 1. The van der Waals surface area contributed by atoms with Gasteiger partial charge in [0.1, 0.15) is 30.7 Å². The highest BCUT2D eigenvalue weighted by atomic mass is 16.7. The summed E-state index contributed by atoms with van der Waals surface area (Å²) in [6.07, 6.45) is -6.20. The van der Waals surface area contributed by atoms with Gasteiger partial charge in [0.25, 0.3) is 0 Å². The summed E-state index contributed by atoms with van der Waals surface area (Å²) in [5, 5.41) is 54.1. The van der Waals surface area contributed by atoms with Crippen LogP contribution < -0.4 is 14.2 Å². The lowest BCUT2D eigenvalue weighted by molar-refractivity contribution is -0.238. The molecule has 0 spiro atoms. The third-order valence-electron chi connectivity index (χ3n) is 6.87. The van der Waals surface area contributed by atoms with Crippen LogP contribution in [0.5, 0.6) is 28.7 Å². The van der Waals surface area contributed by atoms with Crippen LogP contribution in [0.25, 0.3) is 21.9 Å². The largest absolute Gasteiger partial charge is 0.504 e. The molecule has 0 amide bonds. The average molecular weight is 527 g/mol. The van der Waals surface area contributed by atoms with E-state index in [0.29, 0.717) is 22.6 Å². The number of phenolic OH excluding ortho intramolecular Hbond substituents is 2. The molecule has 6 rings (SSSR count). The molecule has 3 aromatic carbocycles. The van der Waals surface area contributed by atoms with Crippen LogP contribution in [0.3, 0.4) is 0 Å². The number of phenols is 2. The van der Waals surface area contributed by atoms with Crippen molar-refractivity contribution in [1.82, 2.24) is 0 Å². The Kier molecular flexibility index (Phi) is 5.72. The van der Waals surface area contributed by atoms with E-state index >= 15 is 0 Å². The molecule has 3 aliphatic rings. The van der Waals surface area contributed by atoms with E-state index in [1.165, 1.54) is 12.1 Å². The molecule has 0 radical (unpaired) electrons. The maximum Gasteiger partial charge on any atom is 0.339 e. The summed E-state index contributed by atoms with van der Waals surface area (Å²) in [5.41, 5.74) is 1.22. The number of aliphatic hydroxyl groups excluding tert-OH is 3. The number of aromatic hydroxyl groups is 2. The number of nitrogens with zero attached hydrogens (tertiary/aromatic N) is 1. The summed E-state index contributed by atoms with van der Waals surface area (Å²) >= 11 is 0. The van der Waals surface area contributed by atoms with Gasteiger partial charge in [0.05, 0.1) is 12.2 Å². The number of hydrogen-bond acceptors (Lipinski definition) is 13. The number of ether oxygens (including phenoxy) is 5. The second-order valence-corrected chi connectivity index (χ2v) is 9.01. The molecular weight excluding hydrogens is 506 g/mol. The maximum atomic E-state index is 13.0. The van der Waals surface area contributed by atoms with Crippen molar-refractivity contribution in [3.8, 4) is 39.9 Å². The van der Waals surface area contributed by atoms with Crippen LogP contribution in [0.1, 0.15) is 15.9 Å². The van der Waals surface area contributed by atoms with E-state index in [1.807, 2.05) is 0 Å². The molecule has 1 fully saturated rings. The van der Waals surface area contributed by atoms with Crippen molar-refractivity contribution in [1.29, 1.82) is 0 Å². The van der Waals surface area contributed by atoms with Gasteiger partial charge in [-0.05, 0) is 35.2 Å². The Balaban J connectivity index is 1.57. The standard InChI is InChI=1S/C25H21NO12/c27-6-17-21(30)22(31)20(26-33)25(37-17)38-23-11-5-14(29)13(28)4-10(11)18(19-12(23)7-34-24(19)32)9-1-2-15-16(3-9)36-8-35-15/h1-5,17,20-22,25,27-31H,6-8H2/t17-,20-,21+,22-,25?/m1/s1. The first-order valence-electron chi connectivity index (χ1n) is 11.6. The number of nitroso groups, excluding NO2 is 1. The lowest BCUT2D eigenvalue weighted by atomic mass is 9.89. The van der Waals surface area contributed by atoms with E-state index in [4.69, 9.17) is 23.7 Å². The second kappa shape index (κ2) is 8.99. The molecule has 0 saturated carbocycles. The summed E-state index contributed by atoms with van der Waals surface area (Å²) in [6.45, 7) is -0.898. The summed E-state index contributed by atoms with van der Waals surface area (Å²) in [6, 6.07) is 5.87. The third kappa shape index (κ3) is 3.59. The van der Waals surface area contributed by atoms with Gasteiger partial charge < -0.3 is 49.2 Å². The summed E-state index contributed by atoms with van der Waals surface area (Å²) in [5.74, 6) is -0.750. The minimum absolute atomic E-state index is 0.0316. The second-order valence-electron chi connectivity index (χ2n) is 9.01. The van der Waals surface area contributed by atoms with Crippen molar-refractivity contribution in [2.75, 3.05) is 13.4 Å². The van der Waals surface area contributed by atoms with Crippen molar-refractivity contribution in [3.63, 3.8) is 0 Å². The first-order chi connectivity index (χ1) is 18.3. The zero-order chi connectivity index (χ0) is 26.7. The highest BCUT2D eigenvalue weighted by molar-refractivity contribution is 6.14. The van der Waals surface area contributed by atoms with Gasteiger partial charge >= 0.3 is 5.97 Å². The SMILES string of the molecule is O=N[C@H]1C(Oc2c3c(c(-c4ccc5c(c4)OCO5)c4cc(O)c(O)cc24)C(=O)OC3)O[C@H](CO)[C@H](O)[C@@H]1O. The molecule has 13 nitrogen and oxygen atoms in total. The number of aliphatic hydroxyl groups is 3. The van der Waals surface area contributed by atoms with Gasteiger partial charge in [0.15, 0.2) is 29.0 Å². The smallest absolute Gasteiger partial charge is 0.339 e. The fraction of sp³-hybridized carbons (Fsp3) is 0.320. The van der Waals surface area contributed by atoms with Crippen LogP contribution in [-0.2, 0) is 16.1 Å². The monoisotopic (exact) mass is 527 g/mol. The molecule has 13 heteroatoms. The van der Waals surface area contributed by atoms with Gasteiger partial charge in [-0.25, -0.2) is 4.79 Å². The van der Waals surface area contributed by atoms with Gasteiger partial charge in [0.2, 0.25) is 13.1 Å². The quantitative estimate of drug-likeness (QED) is 0.181. The zero-order valence-electron chi connectivity index (χ0n) is 19.4. The van der Waals surface area contributed by atoms with Crippen LogP contribution in [0.15, 0.2) is 35.5 Å². The Morgan fingerprint density at radius 3 is 2.42 bits per heavy atom. The van der Waals surface area contributed by atoms with Crippen molar-refractivity contribution >= 4 is 16.7 Å². The first kappa shape index (κ1) is 24.2. The Morgan fingerprint density at radius 1 is 0.947 bits per heavy atom. The van der Waals surface area contributed by atoms with E-state index in [1.54, 1.807) is 18.2 Å². The molecule has 0 aliphatic carbocycles. The molecule has 1 saturated heterocycles. The highest BCUT2D eigenvalue weighted by Gasteiger charge is 2.47. The van der Waals surface area contributed by atoms with Gasteiger partial charge in [-0.1, -0.05) is 11.2 Å². The minimum Gasteiger partial charge on any atom is -0.504 e. The highest BCUT2D eigenvalue weighted by Crippen LogP contribution is 2.49. The Labute approximate surface area is 213 Å². The number of hydrogen-bond donors (Lipinski definition) is 5. The van der Waals surface area contributed by atoms with Crippen molar-refractivity contribution in [3.05, 3.63) is 46.4 Å². The molecule has 5 atom stereocenters. The molecule has 38 heavy (non-hydrogen) atoms. The van der Waals surface area contributed by atoms with Crippen LogP contribution in [0, 0.1) is 4.91 Å². The van der Waals surface area contributed by atoms with E-state index in [9.17, 15) is 35.2 Å². The Bertz CT molecular complexity index is 1470. The first-order valence-corrected chi connectivity index (χ1v) is 11.6. The average Bonchev–Trinajstić information content (AvgIpc) is 3.53.